The van der Waals surface area contributed by atoms with Crippen LogP contribution in [-0.4, -0.2) is 27.3 Å². The Bertz CT molecular complexity index is 474. The SMILES string of the molecule is CNC(C)CS(=O)(=O)c1cc(Cl)ccc1Cl. The summed E-state index contributed by atoms with van der Waals surface area (Å²) < 4.78 is 24.0. The van der Waals surface area contributed by atoms with Crippen LogP contribution in [0.1, 0.15) is 6.92 Å². The van der Waals surface area contributed by atoms with E-state index < -0.39 is 9.84 Å². The van der Waals surface area contributed by atoms with Gasteiger partial charge in [0.25, 0.3) is 0 Å². The van der Waals surface area contributed by atoms with Crippen LogP contribution >= 0.6 is 23.2 Å². The Morgan fingerprint density at radius 3 is 2.56 bits per heavy atom. The highest BCUT2D eigenvalue weighted by molar-refractivity contribution is 7.91. The predicted molar refractivity (Wildman–Crippen MR) is 67.0 cm³/mol. The Morgan fingerprint density at radius 2 is 2.00 bits per heavy atom. The molecule has 0 saturated heterocycles. The van der Waals surface area contributed by atoms with E-state index in [1.807, 2.05) is 0 Å². The van der Waals surface area contributed by atoms with E-state index in [1.54, 1.807) is 20.0 Å². The molecule has 0 aromatic heterocycles. The van der Waals surface area contributed by atoms with Gasteiger partial charge < -0.3 is 5.32 Å². The molecule has 0 aliphatic carbocycles. The molecule has 0 aliphatic rings. The highest BCUT2D eigenvalue weighted by atomic mass is 35.5. The molecule has 0 saturated carbocycles. The Labute approximate surface area is 106 Å². The first-order chi connectivity index (χ1) is 7.36. The molecule has 6 heteroatoms. The van der Waals surface area contributed by atoms with Crippen molar-refractivity contribution in [2.75, 3.05) is 12.8 Å². The van der Waals surface area contributed by atoms with E-state index in [1.165, 1.54) is 12.1 Å². The molecule has 1 aromatic rings. The molecule has 90 valence electrons. The van der Waals surface area contributed by atoms with Crippen molar-refractivity contribution in [1.82, 2.24) is 5.32 Å². The van der Waals surface area contributed by atoms with Gasteiger partial charge in [-0.2, -0.15) is 0 Å². The zero-order valence-corrected chi connectivity index (χ0v) is 11.3. The normalized spacial score (nSPS) is 13.8. The highest BCUT2D eigenvalue weighted by Gasteiger charge is 2.20. The lowest BCUT2D eigenvalue weighted by atomic mass is 10.4. The van der Waals surface area contributed by atoms with Crippen LogP contribution in [0, 0.1) is 0 Å². The summed E-state index contributed by atoms with van der Waals surface area (Å²) >= 11 is 11.6. The van der Waals surface area contributed by atoms with Gasteiger partial charge >= 0.3 is 0 Å². The first kappa shape index (κ1) is 13.8. The van der Waals surface area contributed by atoms with Crippen molar-refractivity contribution < 1.29 is 8.42 Å². The summed E-state index contributed by atoms with van der Waals surface area (Å²) in [6.07, 6.45) is 0. The molecule has 0 fully saturated rings. The molecular weight excluding hydrogens is 269 g/mol. The third-order valence-electron chi connectivity index (χ3n) is 2.19. The number of nitrogens with one attached hydrogen (secondary N) is 1. The molecule has 0 bridgehead atoms. The third-order valence-corrected chi connectivity index (χ3v) is 4.81. The van der Waals surface area contributed by atoms with E-state index in [0.717, 1.165) is 0 Å². The average molecular weight is 282 g/mol. The first-order valence-corrected chi connectivity index (χ1v) is 7.12. The maximum atomic E-state index is 12.0. The molecule has 0 amide bonds. The standard InChI is InChI=1S/C10H13Cl2NO2S/c1-7(13-2)6-16(14,15)10-5-8(11)3-4-9(10)12/h3-5,7,13H,6H2,1-2H3. The average Bonchev–Trinajstić information content (AvgIpc) is 2.20. The summed E-state index contributed by atoms with van der Waals surface area (Å²) in [5.41, 5.74) is 0. The Kier molecular flexibility index (Phi) is 4.62. The first-order valence-electron chi connectivity index (χ1n) is 4.72. The van der Waals surface area contributed by atoms with Gasteiger partial charge in [0.15, 0.2) is 9.84 Å². The van der Waals surface area contributed by atoms with Gasteiger partial charge in [0.05, 0.1) is 15.7 Å². The van der Waals surface area contributed by atoms with Crippen LogP contribution in [0.5, 0.6) is 0 Å². The monoisotopic (exact) mass is 281 g/mol. The molecule has 1 atom stereocenters. The van der Waals surface area contributed by atoms with Crippen molar-refractivity contribution in [1.29, 1.82) is 0 Å². The quantitative estimate of drug-likeness (QED) is 0.922. The van der Waals surface area contributed by atoms with Crippen molar-refractivity contribution in [3.05, 3.63) is 28.2 Å². The molecule has 16 heavy (non-hydrogen) atoms. The fraction of sp³-hybridized carbons (Fsp3) is 0.400. The summed E-state index contributed by atoms with van der Waals surface area (Å²) in [6.45, 7) is 1.79. The molecule has 1 aromatic carbocycles. The van der Waals surface area contributed by atoms with Gasteiger partial charge in [-0.05, 0) is 32.2 Å². The van der Waals surface area contributed by atoms with Crippen LogP contribution in [0.3, 0.4) is 0 Å². The van der Waals surface area contributed by atoms with E-state index >= 15 is 0 Å². The van der Waals surface area contributed by atoms with Crippen molar-refractivity contribution >= 4 is 33.0 Å². The lowest BCUT2D eigenvalue weighted by Crippen LogP contribution is -2.30. The molecule has 0 spiro atoms. The van der Waals surface area contributed by atoms with Crippen LogP contribution < -0.4 is 5.32 Å². The Hall–Kier alpha value is -0.290. The molecular formula is C10H13Cl2NO2S. The largest absolute Gasteiger partial charge is 0.316 e. The summed E-state index contributed by atoms with van der Waals surface area (Å²) in [6, 6.07) is 4.28. The molecule has 0 radical (unpaired) electrons. The van der Waals surface area contributed by atoms with Crippen molar-refractivity contribution in [2.24, 2.45) is 0 Å². The minimum absolute atomic E-state index is 0.0104. The van der Waals surface area contributed by atoms with Crippen LogP contribution in [-0.2, 0) is 9.84 Å². The number of benzene rings is 1. The number of hydrogen-bond acceptors (Lipinski definition) is 3. The highest BCUT2D eigenvalue weighted by Crippen LogP contribution is 2.26. The van der Waals surface area contributed by atoms with Gasteiger partial charge in [0, 0.05) is 11.1 Å². The smallest absolute Gasteiger partial charge is 0.181 e. The minimum Gasteiger partial charge on any atom is -0.316 e. The zero-order chi connectivity index (χ0) is 12.3. The van der Waals surface area contributed by atoms with Crippen molar-refractivity contribution in [2.45, 2.75) is 17.9 Å². The maximum Gasteiger partial charge on any atom is 0.181 e. The van der Waals surface area contributed by atoms with Gasteiger partial charge in [0.1, 0.15) is 0 Å². The third kappa shape index (κ3) is 3.35. The molecule has 1 unspecified atom stereocenters. The Morgan fingerprint density at radius 1 is 1.38 bits per heavy atom. The molecule has 0 heterocycles. The zero-order valence-electron chi connectivity index (χ0n) is 9.00. The number of sulfone groups is 1. The van der Waals surface area contributed by atoms with E-state index in [4.69, 9.17) is 23.2 Å². The topological polar surface area (TPSA) is 46.2 Å². The second-order valence-electron chi connectivity index (χ2n) is 3.55. The van der Waals surface area contributed by atoms with Crippen LogP contribution in [0.4, 0.5) is 0 Å². The summed E-state index contributed by atoms with van der Waals surface area (Å²) in [5, 5.41) is 3.43. The van der Waals surface area contributed by atoms with Gasteiger partial charge in [-0.25, -0.2) is 8.42 Å². The molecule has 0 aliphatic heterocycles. The molecule has 1 rings (SSSR count). The van der Waals surface area contributed by atoms with Gasteiger partial charge in [-0.3, -0.25) is 0 Å². The second kappa shape index (κ2) is 5.36. The number of rotatable bonds is 4. The number of halogens is 2. The summed E-state index contributed by atoms with van der Waals surface area (Å²) in [4.78, 5) is 0.0868. The van der Waals surface area contributed by atoms with Crippen LogP contribution in [0.2, 0.25) is 10.0 Å². The van der Waals surface area contributed by atoms with Gasteiger partial charge in [-0.15, -0.1) is 0 Å². The predicted octanol–water partition coefficient (Wildman–Crippen LogP) is 2.38. The van der Waals surface area contributed by atoms with Gasteiger partial charge in [0.2, 0.25) is 0 Å². The fourth-order valence-corrected chi connectivity index (χ4v) is 3.60. The fourth-order valence-electron chi connectivity index (χ4n) is 1.22. The number of hydrogen-bond donors (Lipinski definition) is 1. The van der Waals surface area contributed by atoms with Crippen molar-refractivity contribution in [3.8, 4) is 0 Å². The minimum atomic E-state index is -3.40. The van der Waals surface area contributed by atoms with E-state index in [0.29, 0.717) is 5.02 Å². The lowest BCUT2D eigenvalue weighted by Gasteiger charge is -2.12. The van der Waals surface area contributed by atoms with E-state index in [2.05, 4.69) is 5.32 Å². The van der Waals surface area contributed by atoms with Crippen LogP contribution in [0.15, 0.2) is 23.1 Å². The molecule has 1 N–H and O–H groups in total. The van der Waals surface area contributed by atoms with E-state index in [9.17, 15) is 8.42 Å². The van der Waals surface area contributed by atoms with Crippen LogP contribution in [0.25, 0.3) is 0 Å². The molecule has 3 nitrogen and oxygen atoms in total. The van der Waals surface area contributed by atoms with Gasteiger partial charge in [-0.1, -0.05) is 23.2 Å². The summed E-state index contributed by atoms with van der Waals surface area (Å²) in [5.74, 6) is -0.0104. The summed E-state index contributed by atoms with van der Waals surface area (Å²) in [7, 11) is -1.70. The van der Waals surface area contributed by atoms with E-state index in [-0.39, 0.29) is 21.7 Å². The lowest BCUT2D eigenvalue weighted by molar-refractivity contribution is 0.578. The maximum absolute atomic E-state index is 12.0. The second-order valence-corrected chi connectivity index (χ2v) is 6.39. The Balaban J connectivity index is 3.12. The van der Waals surface area contributed by atoms with Crippen molar-refractivity contribution in [3.63, 3.8) is 0 Å².